The van der Waals surface area contributed by atoms with Crippen molar-refractivity contribution in [1.82, 2.24) is 10.2 Å². The Morgan fingerprint density at radius 1 is 1.07 bits per heavy atom. The zero-order valence-electron chi connectivity index (χ0n) is 17.7. The Hall–Kier alpha value is -1.75. The van der Waals surface area contributed by atoms with Crippen LogP contribution in [0.4, 0.5) is 0 Å². The minimum atomic E-state index is 0.119. The summed E-state index contributed by atoms with van der Waals surface area (Å²) >= 11 is 12.0. The van der Waals surface area contributed by atoms with Crippen LogP contribution in [-0.2, 0) is 17.9 Å². The van der Waals surface area contributed by atoms with E-state index in [4.69, 9.17) is 27.9 Å². The van der Waals surface area contributed by atoms with E-state index in [1.807, 2.05) is 24.3 Å². The number of nitrogens with one attached hydrogen (secondary N) is 1. The van der Waals surface area contributed by atoms with Crippen molar-refractivity contribution < 1.29 is 9.53 Å². The van der Waals surface area contributed by atoms with Crippen LogP contribution in [0.25, 0.3) is 0 Å². The molecule has 1 N–H and O–H groups in total. The molecule has 0 bridgehead atoms. The van der Waals surface area contributed by atoms with Crippen LogP contribution in [0, 0.1) is 11.8 Å². The number of carbonyl (C=O) groups is 1. The van der Waals surface area contributed by atoms with Gasteiger partial charge < -0.3 is 10.1 Å². The Kier molecular flexibility index (Phi) is 8.43. The number of likely N-dealkylation sites (tertiary alicyclic amines) is 1. The highest BCUT2D eigenvalue weighted by Gasteiger charge is 2.32. The molecule has 0 aliphatic carbocycles. The van der Waals surface area contributed by atoms with Gasteiger partial charge in [-0.05, 0) is 41.3 Å². The largest absolute Gasteiger partial charge is 0.489 e. The molecular formula is C24H30Cl2N2O2. The van der Waals surface area contributed by atoms with Crippen molar-refractivity contribution in [2.45, 2.75) is 39.8 Å². The zero-order valence-corrected chi connectivity index (χ0v) is 19.2. The molecule has 2 aromatic carbocycles. The second-order valence-corrected chi connectivity index (χ2v) is 8.81. The summed E-state index contributed by atoms with van der Waals surface area (Å²) in [6.07, 6.45) is 2.22. The normalized spacial score (nSPS) is 14.6. The summed E-state index contributed by atoms with van der Waals surface area (Å²) in [6.45, 7) is 8.09. The van der Waals surface area contributed by atoms with Crippen molar-refractivity contribution in [2.24, 2.45) is 11.8 Å². The summed E-state index contributed by atoms with van der Waals surface area (Å²) in [5.74, 6) is 1.71. The van der Waals surface area contributed by atoms with Crippen molar-refractivity contribution in [3.8, 4) is 5.75 Å². The number of nitrogens with zero attached hydrogens (tertiary/aromatic N) is 1. The predicted octanol–water partition coefficient (Wildman–Crippen LogP) is 5.56. The fourth-order valence-electron chi connectivity index (χ4n) is 3.58. The summed E-state index contributed by atoms with van der Waals surface area (Å²) in [4.78, 5) is 14.6. The lowest BCUT2D eigenvalue weighted by Gasteiger charge is -2.38. The first-order valence-corrected chi connectivity index (χ1v) is 11.4. The van der Waals surface area contributed by atoms with Crippen molar-refractivity contribution in [2.75, 3.05) is 19.6 Å². The molecule has 1 fully saturated rings. The lowest BCUT2D eigenvalue weighted by Crippen LogP contribution is -2.53. The third-order valence-electron chi connectivity index (χ3n) is 5.77. The summed E-state index contributed by atoms with van der Waals surface area (Å²) in [5, 5.41) is 4.19. The van der Waals surface area contributed by atoms with E-state index in [9.17, 15) is 4.79 Å². The number of rotatable bonds is 10. The maximum Gasteiger partial charge on any atom is 0.225 e. The summed E-state index contributed by atoms with van der Waals surface area (Å²) in [6, 6.07) is 13.6. The molecule has 0 unspecified atom stereocenters. The Morgan fingerprint density at radius 3 is 2.37 bits per heavy atom. The van der Waals surface area contributed by atoms with Crippen LogP contribution in [-0.4, -0.2) is 30.4 Å². The highest BCUT2D eigenvalue weighted by molar-refractivity contribution is 6.42. The molecule has 0 atom stereocenters. The van der Waals surface area contributed by atoms with Gasteiger partial charge in [0.2, 0.25) is 5.91 Å². The van der Waals surface area contributed by atoms with Gasteiger partial charge in [-0.1, -0.05) is 68.1 Å². The first-order chi connectivity index (χ1) is 14.5. The van der Waals surface area contributed by atoms with Crippen LogP contribution in [0.1, 0.15) is 37.8 Å². The first kappa shape index (κ1) is 22.9. The molecule has 0 radical (unpaired) electrons. The van der Waals surface area contributed by atoms with Crippen molar-refractivity contribution in [1.29, 1.82) is 0 Å². The van der Waals surface area contributed by atoms with E-state index < -0.39 is 0 Å². The Morgan fingerprint density at radius 2 is 1.73 bits per heavy atom. The van der Waals surface area contributed by atoms with Crippen LogP contribution >= 0.6 is 23.2 Å². The number of carbonyl (C=O) groups excluding carboxylic acids is 1. The number of hydrogen-bond donors (Lipinski definition) is 1. The number of halogens is 2. The molecule has 1 saturated heterocycles. The van der Waals surface area contributed by atoms with Crippen LogP contribution in [0.2, 0.25) is 10.0 Å². The average Bonchev–Trinajstić information content (AvgIpc) is 2.72. The number of benzene rings is 2. The van der Waals surface area contributed by atoms with Crippen molar-refractivity contribution in [3.63, 3.8) is 0 Å². The monoisotopic (exact) mass is 448 g/mol. The standard InChI is InChI=1S/C24H30Cl2N2O2/c1-3-17(4-2)12-27-24(29)20-14-28(15-20)13-18-5-8-21(9-6-18)30-16-19-7-10-22(25)23(26)11-19/h5-11,17,20H,3-4,12-16H2,1-2H3,(H,27,29). The maximum absolute atomic E-state index is 12.3. The first-order valence-electron chi connectivity index (χ1n) is 10.6. The van der Waals surface area contributed by atoms with Gasteiger partial charge in [0.25, 0.3) is 0 Å². The highest BCUT2D eigenvalue weighted by Crippen LogP contribution is 2.24. The number of ether oxygens (including phenoxy) is 1. The summed E-state index contributed by atoms with van der Waals surface area (Å²) < 4.78 is 5.83. The zero-order chi connectivity index (χ0) is 21.5. The molecule has 1 heterocycles. The number of amides is 1. The summed E-state index contributed by atoms with van der Waals surface area (Å²) in [5.41, 5.74) is 2.19. The van der Waals surface area contributed by atoms with E-state index in [2.05, 4.69) is 36.2 Å². The fraction of sp³-hybridized carbons (Fsp3) is 0.458. The van der Waals surface area contributed by atoms with Gasteiger partial charge in [0.05, 0.1) is 16.0 Å². The van der Waals surface area contributed by atoms with Gasteiger partial charge in [-0.2, -0.15) is 0 Å². The fourth-order valence-corrected chi connectivity index (χ4v) is 3.90. The van der Waals surface area contributed by atoms with E-state index in [0.29, 0.717) is 22.6 Å². The average molecular weight is 449 g/mol. The molecule has 1 amide bonds. The van der Waals surface area contributed by atoms with Crippen LogP contribution in [0.5, 0.6) is 5.75 Å². The van der Waals surface area contributed by atoms with Crippen molar-refractivity contribution in [3.05, 3.63) is 63.6 Å². The molecular weight excluding hydrogens is 419 g/mol. The van der Waals surface area contributed by atoms with E-state index in [1.165, 1.54) is 5.56 Å². The van der Waals surface area contributed by atoms with E-state index in [0.717, 1.165) is 50.3 Å². The molecule has 1 aliphatic rings. The molecule has 2 aromatic rings. The van der Waals surface area contributed by atoms with Gasteiger partial charge >= 0.3 is 0 Å². The second-order valence-electron chi connectivity index (χ2n) is 8.00. The molecule has 0 saturated carbocycles. The molecule has 162 valence electrons. The van der Waals surface area contributed by atoms with Gasteiger partial charge in [-0.3, -0.25) is 9.69 Å². The maximum atomic E-state index is 12.3. The van der Waals surface area contributed by atoms with E-state index >= 15 is 0 Å². The quantitative estimate of drug-likeness (QED) is 0.517. The molecule has 0 aromatic heterocycles. The topological polar surface area (TPSA) is 41.6 Å². The van der Waals surface area contributed by atoms with E-state index in [1.54, 1.807) is 6.07 Å². The second kappa shape index (κ2) is 11.0. The lowest BCUT2D eigenvalue weighted by molar-refractivity contribution is -0.130. The Bertz CT molecular complexity index is 832. The third kappa shape index (κ3) is 6.37. The molecule has 3 rings (SSSR count). The Balaban J connectivity index is 1.39. The Labute approximate surface area is 189 Å². The van der Waals surface area contributed by atoms with Crippen LogP contribution in [0.3, 0.4) is 0 Å². The van der Waals surface area contributed by atoms with Gasteiger partial charge in [0.15, 0.2) is 0 Å². The molecule has 6 heteroatoms. The van der Waals surface area contributed by atoms with Crippen LogP contribution in [0.15, 0.2) is 42.5 Å². The lowest BCUT2D eigenvalue weighted by atomic mass is 9.97. The number of hydrogen-bond acceptors (Lipinski definition) is 3. The smallest absolute Gasteiger partial charge is 0.225 e. The van der Waals surface area contributed by atoms with Gasteiger partial charge in [-0.25, -0.2) is 0 Å². The molecule has 30 heavy (non-hydrogen) atoms. The molecule has 0 spiro atoms. The van der Waals surface area contributed by atoms with Crippen LogP contribution < -0.4 is 10.1 Å². The predicted molar refractivity (Wildman–Crippen MR) is 123 cm³/mol. The van der Waals surface area contributed by atoms with Gasteiger partial charge in [0, 0.05) is 26.2 Å². The summed E-state index contributed by atoms with van der Waals surface area (Å²) in [7, 11) is 0. The van der Waals surface area contributed by atoms with Gasteiger partial charge in [-0.15, -0.1) is 0 Å². The molecule has 4 nitrogen and oxygen atoms in total. The van der Waals surface area contributed by atoms with Crippen molar-refractivity contribution >= 4 is 29.1 Å². The minimum Gasteiger partial charge on any atom is -0.489 e. The SMILES string of the molecule is CCC(CC)CNC(=O)C1CN(Cc2ccc(OCc3ccc(Cl)c(Cl)c3)cc2)C1. The van der Waals surface area contributed by atoms with E-state index in [-0.39, 0.29) is 11.8 Å². The minimum absolute atomic E-state index is 0.119. The molecule has 1 aliphatic heterocycles. The highest BCUT2D eigenvalue weighted by atomic mass is 35.5. The van der Waals surface area contributed by atoms with Gasteiger partial charge in [0.1, 0.15) is 12.4 Å². The third-order valence-corrected chi connectivity index (χ3v) is 6.51.